The van der Waals surface area contributed by atoms with Crippen LogP contribution in [0.25, 0.3) is 5.69 Å². The summed E-state index contributed by atoms with van der Waals surface area (Å²) in [6.07, 6.45) is 1.50. The summed E-state index contributed by atoms with van der Waals surface area (Å²) in [6, 6.07) is 9.56. The molecule has 0 saturated heterocycles. The lowest BCUT2D eigenvalue weighted by Crippen LogP contribution is -2.19. The van der Waals surface area contributed by atoms with Crippen LogP contribution in [0.2, 0.25) is 5.15 Å². The normalized spacial score (nSPS) is 11.2. The van der Waals surface area contributed by atoms with E-state index in [1.807, 2.05) is 44.2 Å². The van der Waals surface area contributed by atoms with E-state index in [0.29, 0.717) is 10.7 Å². The van der Waals surface area contributed by atoms with Crippen molar-refractivity contribution in [2.45, 2.75) is 18.2 Å². The lowest BCUT2D eigenvalue weighted by Gasteiger charge is -2.01. The Bertz CT molecular complexity index is 938. The largest absolute Gasteiger partial charge is 0.272 e. The van der Waals surface area contributed by atoms with Crippen LogP contribution in [0.1, 0.15) is 16.3 Å². The smallest absolute Gasteiger partial charge is 0.250 e. The molecule has 1 aromatic carbocycles. The summed E-state index contributed by atoms with van der Waals surface area (Å²) in [6.45, 7) is 3.70. The van der Waals surface area contributed by atoms with E-state index in [9.17, 15) is 4.79 Å². The van der Waals surface area contributed by atoms with Crippen molar-refractivity contribution in [1.82, 2.24) is 25.4 Å². The number of rotatable bonds is 6. The third-order valence-electron chi connectivity index (χ3n) is 3.27. The maximum atomic E-state index is 11.9. The minimum absolute atomic E-state index is 0.210. The molecule has 0 aliphatic heterocycles. The highest BCUT2D eigenvalue weighted by Gasteiger charge is 2.13. The van der Waals surface area contributed by atoms with Crippen LogP contribution < -0.4 is 5.43 Å². The van der Waals surface area contributed by atoms with Crippen LogP contribution in [0.15, 0.2) is 39.8 Å². The van der Waals surface area contributed by atoms with Crippen LogP contribution in [-0.4, -0.2) is 37.9 Å². The van der Waals surface area contributed by atoms with Gasteiger partial charge in [-0.3, -0.25) is 4.79 Å². The molecule has 0 atom stereocenters. The molecule has 10 heteroatoms. The van der Waals surface area contributed by atoms with Gasteiger partial charge in [-0.1, -0.05) is 52.9 Å². The first-order valence-corrected chi connectivity index (χ1v) is 9.78. The first-order chi connectivity index (χ1) is 12.5. The Morgan fingerprint density at radius 2 is 2.12 bits per heavy atom. The average molecular weight is 407 g/mol. The van der Waals surface area contributed by atoms with Gasteiger partial charge in [0.25, 0.3) is 5.91 Å². The van der Waals surface area contributed by atoms with Gasteiger partial charge in [-0.2, -0.15) is 10.2 Å². The standard InChI is InChI=1S/C16H15ClN6OS2/c1-10-13(15(17)23(22-10)12-6-4-3-5-7-12)8-18-20-14(24)9-25-16-21-19-11(2)26-16/h3-8H,9H2,1-2H3,(H,20,24). The number of hydrazone groups is 1. The van der Waals surface area contributed by atoms with Crippen molar-refractivity contribution in [2.75, 3.05) is 5.75 Å². The Morgan fingerprint density at radius 1 is 1.35 bits per heavy atom. The predicted octanol–water partition coefficient (Wildman–Crippen LogP) is 3.24. The summed E-state index contributed by atoms with van der Waals surface area (Å²) in [5.41, 5.74) is 4.71. The fraction of sp³-hybridized carbons (Fsp3) is 0.188. The van der Waals surface area contributed by atoms with Gasteiger partial charge in [0.05, 0.1) is 28.9 Å². The van der Waals surface area contributed by atoms with Gasteiger partial charge in [0, 0.05) is 0 Å². The summed E-state index contributed by atoms with van der Waals surface area (Å²) in [5.74, 6) is -0.0227. The van der Waals surface area contributed by atoms with Crippen LogP contribution in [-0.2, 0) is 4.79 Å². The van der Waals surface area contributed by atoms with Crippen LogP contribution in [0.5, 0.6) is 0 Å². The van der Waals surface area contributed by atoms with Crippen LogP contribution in [0, 0.1) is 13.8 Å². The van der Waals surface area contributed by atoms with E-state index < -0.39 is 0 Å². The van der Waals surface area contributed by atoms with E-state index in [1.54, 1.807) is 4.68 Å². The molecule has 2 heterocycles. The van der Waals surface area contributed by atoms with Gasteiger partial charge in [0.15, 0.2) is 4.34 Å². The number of aromatic nitrogens is 4. The molecule has 0 unspecified atom stereocenters. The van der Waals surface area contributed by atoms with Gasteiger partial charge >= 0.3 is 0 Å². The van der Waals surface area contributed by atoms with Crippen molar-refractivity contribution in [3.8, 4) is 5.69 Å². The number of aryl methyl sites for hydroxylation is 2. The molecule has 0 bridgehead atoms. The van der Waals surface area contributed by atoms with Gasteiger partial charge in [-0.05, 0) is 26.0 Å². The molecule has 0 saturated carbocycles. The topological polar surface area (TPSA) is 85.1 Å². The van der Waals surface area contributed by atoms with E-state index in [-0.39, 0.29) is 11.7 Å². The molecular formula is C16H15ClN6OS2. The Balaban J connectivity index is 1.61. The third-order valence-corrected chi connectivity index (χ3v) is 5.60. The molecular weight excluding hydrogens is 392 g/mol. The Kier molecular flexibility index (Phi) is 6.02. The number of para-hydroxylation sites is 1. The molecule has 3 aromatic rings. The van der Waals surface area contributed by atoms with Crippen molar-refractivity contribution >= 4 is 46.8 Å². The van der Waals surface area contributed by atoms with Crippen LogP contribution >= 0.6 is 34.7 Å². The summed E-state index contributed by atoms with van der Waals surface area (Å²) < 4.78 is 2.39. The summed E-state index contributed by atoms with van der Waals surface area (Å²) >= 11 is 9.17. The van der Waals surface area contributed by atoms with Gasteiger partial charge in [-0.25, -0.2) is 10.1 Å². The van der Waals surface area contributed by atoms with Gasteiger partial charge < -0.3 is 0 Å². The highest BCUT2D eigenvalue weighted by molar-refractivity contribution is 8.01. The molecule has 0 spiro atoms. The number of hydrogen-bond acceptors (Lipinski definition) is 7. The lowest BCUT2D eigenvalue weighted by molar-refractivity contribution is -0.118. The second-order valence-electron chi connectivity index (χ2n) is 5.21. The number of benzene rings is 1. The number of nitrogens with zero attached hydrogens (tertiary/aromatic N) is 5. The molecule has 7 nitrogen and oxygen atoms in total. The predicted molar refractivity (Wildman–Crippen MR) is 104 cm³/mol. The number of halogens is 1. The Hall–Kier alpha value is -2.23. The van der Waals surface area contributed by atoms with Crippen molar-refractivity contribution < 1.29 is 4.79 Å². The minimum atomic E-state index is -0.233. The SMILES string of the molecule is Cc1nnc(SCC(=O)NN=Cc2c(C)nn(-c3ccccc3)c2Cl)s1. The van der Waals surface area contributed by atoms with Gasteiger partial charge in [-0.15, -0.1) is 10.2 Å². The minimum Gasteiger partial charge on any atom is -0.272 e. The molecule has 2 aromatic heterocycles. The fourth-order valence-electron chi connectivity index (χ4n) is 2.06. The van der Waals surface area contributed by atoms with Gasteiger partial charge in [0.1, 0.15) is 10.2 Å². The Labute approximate surface area is 163 Å². The summed E-state index contributed by atoms with van der Waals surface area (Å²) in [7, 11) is 0. The first-order valence-electron chi connectivity index (χ1n) is 7.60. The van der Waals surface area contributed by atoms with Crippen LogP contribution in [0.3, 0.4) is 0 Å². The molecule has 1 N–H and O–H groups in total. The zero-order valence-electron chi connectivity index (χ0n) is 14.0. The molecule has 1 amide bonds. The maximum Gasteiger partial charge on any atom is 0.250 e. The first kappa shape index (κ1) is 18.6. The number of amides is 1. The summed E-state index contributed by atoms with van der Waals surface area (Å²) in [4.78, 5) is 11.9. The lowest BCUT2D eigenvalue weighted by atomic mass is 10.3. The molecule has 26 heavy (non-hydrogen) atoms. The van der Waals surface area contributed by atoms with E-state index in [1.165, 1.54) is 29.3 Å². The van der Waals surface area contributed by atoms with E-state index in [2.05, 4.69) is 25.8 Å². The van der Waals surface area contributed by atoms with E-state index >= 15 is 0 Å². The molecule has 3 rings (SSSR count). The third kappa shape index (κ3) is 4.48. The zero-order valence-corrected chi connectivity index (χ0v) is 16.4. The second kappa shape index (κ2) is 8.43. The monoisotopic (exact) mass is 406 g/mol. The number of carbonyl (C=O) groups excluding carboxylic acids is 1. The maximum absolute atomic E-state index is 11.9. The van der Waals surface area contributed by atoms with Gasteiger partial charge in [0.2, 0.25) is 0 Å². The number of carbonyl (C=O) groups is 1. The average Bonchev–Trinajstić information content (AvgIpc) is 3.18. The number of nitrogens with one attached hydrogen (secondary N) is 1. The summed E-state index contributed by atoms with van der Waals surface area (Å²) in [5, 5.41) is 17.6. The van der Waals surface area contributed by atoms with Crippen molar-refractivity contribution in [1.29, 1.82) is 0 Å². The number of hydrogen-bond donors (Lipinski definition) is 1. The fourth-order valence-corrected chi connectivity index (χ4v) is 3.99. The quantitative estimate of drug-likeness (QED) is 0.386. The highest BCUT2D eigenvalue weighted by Crippen LogP contribution is 2.22. The van der Waals surface area contributed by atoms with Crippen molar-refractivity contribution in [3.63, 3.8) is 0 Å². The highest BCUT2D eigenvalue weighted by atomic mass is 35.5. The van der Waals surface area contributed by atoms with Crippen LogP contribution in [0.4, 0.5) is 0 Å². The molecule has 134 valence electrons. The molecule has 0 fully saturated rings. The van der Waals surface area contributed by atoms with E-state index in [0.717, 1.165) is 20.7 Å². The zero-order chi connectivity index (χ0) is 18.5. The number of thioether (sulfide) groups is 1. The molecule has 0 radical (unpaired) electrons. The second-order valence-corrected chi connectivity index (χ2v) is 7.97. The molecule has 0 aliphatic rings. The Morgan fingerprint density at radius 3 is 2.81 bits per heavy atom. The van der Waals surface area contributed by atoms with E-state index in [4.69, 9.17) is 11.6 Å². The molecule has 0 aliphatic carbocycles. The van der Waals surface area contributed by atoms with Crippen molar-refractivity contribution in [2.24, 2.45) is 5.10 Å². The van der Waals surface area contributed by atoms with Crippen molar-refractivity contribution in [3.05, 3.63) is 51.7 Å².